The van der Waals surface area contributed by atoms with Gasteiger partial charge in [0.15, 0.2) is 9.84 Å². The van der Waals surface area contributed by atoms with Gasteiger partial charge in [-0.2, -0.15) is 0 Å². The molecule has 0 aromatic rings. The largest absolute Gasteiger partial charge is 0.271 e. The van der Waals surface area contributed by atoms with Crippen LogP contribution in [0.15, 0.2) is 12.7 Å². The Morgan fingerprint density at radius 1 is 1.62 bits per heavy atom. The minimum atomic E-state index is -3.02. The van der Waals surface area contributed by atoms with Crippen LogP contribution >= 0.6 is 0 Å². The van der Waals surface area contributed by atoms with Crippen molar-refractivity contribution >= 4 is 9.84 Å². The lowest BCUT2D eigenvalue weighted by molar-refractivity contribution is 0.473. The second-order valence-electron chi connectivity index (χ2n) is 3.17. The van der Waals surface area contributed by atoms with Gasteiger partial charge in [0.2, 0.25) is 0 Å². The van der Waals surface area contributed by atoms with Crippen molar-refractivity contribution in [1.29, 1.82) is 0 Å². The van der Waals surface area contributed by atoms with Gasteiger partial charge in [0, 0.05) is 12.3 Å². The second-order valence-corrected chi connectivity index (χ2v) is 5.58. The standard InChI is InChI=1S/C8H18N2O2S/c1-4-5-6-8(10-9)7(2)13(3,11)12/h4,7-8,10H,1,5-6,9H2,2-3H3. The number of hydrazine groups is 1. The van der Waals surface area contributed by atoms with Crippen LogP contribution in [0.25, 0.3) is 0 Å². The normalized spacial score (nSPS) is 16.5. The molecule has 5 heteroatoms. The van der Waals surface area contributed by atoms with Crippen LogP contribution in [0.5, 0.6) is 0 Å². The number of sulfone groups is 1. The van der Waals surface area contributed by atoms with Crippen molar-refractivity contribution in [2.45, 2.75) is 31.1 Å². The Kier molecular flexibility index (Phi) is 5.20. The van der Waals surface area contributed by atoms with E-state index in [9.17, 15) is 8.42 Å². The lowest BCUT2D eigenvalue weighted by atomic mass is 10.1. The van der Waals surface area contributed by atoms with Crippen LogP contribution in [0.1, 0.15) is 19.8 Å². The predicted molar refractivity (Wildman–Crippen MR) is 54.8 cm³/mol. The van der Waals surface area contributed by atoms with E-state index in [1.54, 1.807) is 13.0 Å². The van der Waals surface area contributed by atoms with E-state index in [0.29, 0.717) is 6.42 Å². The number of hydrogen-bond acceptors (Lipinski definition) is 4. The van der Waals surface area contributed by atoms with Crippen molar-refractivity contribution < 1.29 is 8.42 Å². The third kappa shape index (κ3) is 4.40. The SMILES string of the molecule is C=CCCC(NN)C(C)S(C)(=O)=O. The zero-order valence-electron chi connectivity index (χ0n) is 8.16. The van der Waals surface area contributed by atoms with Gasteiger partial charge in [-0.15, -0.1) is 6.58 Å². The van der Waals surface area contributed by atoms with E-state index in [1.807, 2.05) is 0 Å². The summed E-state index contributed by atoms with van der Waals surface area (Å²) in [5.41, 5.74) is 2.52. The summed E-state index contributed by atoms with van der Waals surface area (Å²) in [7, 11) is -3.02. The molecule has 0 aromatic heterocycles. The first-order valence-electron chi connectivity index (χ1n) is 4.19. The third-order valence-electron chi connectivity index (χ3n) is 2.14. The van der Waals surface area contributed by atoms with E-state index in [2.05, 4.69) is 12.0 Å². The summed E-state index contributed by atoms with van der Waals surface area (Å²) in [5.74, 6) is 5.26. The molecule has 0 aliphatic rings. The van der Waals surface area contributed by atoms with Crippen LogP contribution in [0.2, 0.25) is 0 Å². The van der Waals surface area contributed by atoms with Crippen molar-refractivity contribution in [3.8, 4) is 0 Å². The Morgan fingerprint density at radius 3 is 2.46 bits per heavy atom. The zero-order valence-corrected chi connectivity index (χ0v) is 8.97. The van der Waals surface area contributed by atoms with Crippen LogP contribution < -0.4 is 11.3 Å². The topological polar surface area (TPSA) is 72.2 Å². The van der Waals surface area contributed by atoms with Crippen LogP contribution in [0.4, 0.5) is 0 Å². The van der Waals surface area contributed by atoms with Gasteiger partial charge in [0.1, 0.15) is 0 Å². The molecule has 0 radical (unpaired) electrons. The van der Waals surface area contributed by atoms with E-state index < -0.39 is 15.1 Å². The second kappa shape index (κ2) is 5.36. The minimum Gasteiger partial charge on any atom is -0.271 e. The van der Waals surface area contributed by atoms with Crippen molar-refractivity contribution in [1.82, 2.24) is 5.43 Å². The fourth-order valence-electron chi connectivity index (χ4n) is 1.05. The average Bonchev–Trinajstić information content (AvgIpc) is 2.04. The first-order chi connectivity index (χ1) is 5.93. The maximum absolute atomic E-state index is 11.2. The highest BCUT2D eigenvalue weighted by atomic mass is 32.2. The molecule has 0 aromatic carbocycles. The van der Waals surface area contributed by atoms with Gasteiger partial charge in [0.05, 0.1) is 5.25 Å². The molecule has 2 atom stereocenters. The monoisotopic (exact) mass is 206 g/mol. The molecule has 0 rings (SSSR count). The van der Waals surface area contributed by atoms with E-state index in [-0.39, 0.29) is 6.04 Å². The predicted octanol–water partition coefficient (Wildman–Crippen LogP) is 0.218. The fourth-order valence-corrected chi connectivity index (χ4v) is 1.86. The lowest BCUT2D eigenvalue weighted by Crippen LogP contribution is -2.45. The Bertz CT molecular complexity index is 249. The molecule has 0 aliphatic carbocycles. The molecular weight excluding hydrogens is 188 g/mol. The first kappa shape index (κ1) is 12.6. The number of nitrogens with one attached hydrogen (secondary N) is 1. The van der Waals surface area contributed by atoms with Gasteiger partial charge in [-0.1, -0.05) is 6.08 Å². The highest BCUT2D eigenvalue weighted by molar-refractivity contribution is 7.91. The van der Waals surface area contributed by atoms with Gasteiger partial charge in [-0.05, 0) is 19.8 Å². The Labute approximate surface area is 80.1 Å². The molecule has 4 nitrogen and oxygen atoms in total. The van der Waals surface area contributed by atoms with E-state index in [4.69, 9.17) is 5.84 Å². The molecule has 3 N–H and O–H groups in total. The van der Waals surface area contributed by atoms with Crippen LogP contribution in [-0.4, -0.2) is 26.0 Å². The molecule has 2 unspecified atom stereocenters. The molecule has 0 saturated carbocycles. The van der Waals surface area contributed by atoms with Crippen molar-refractivity contribution in [3.05, 3.63) is 12.7 Å². The quantitative estimate of drug-likeness (QED) is 0.370. The maximum atomic E-state index is 11.2. The summed E-state index contributed by atoms with van der Waals surface area (Å²) in [4.78, 5) is 0. The highest BCUT2D eigenvalue weighted by Crippen LogP contribution is 2.09. The molecule has 0 amide bonds. The Hall–Kier alpha value is -0.390. The van der Waals surface area contributed by atoms with E-state index >= 15 is 0 Å². The third-order valence-corrected chi connectivity index (χ3v) is 3.82. The van der Waals surface area contributed by atoms with Crippen molar-refractivity contribution in [2.24, 2.45) is 5.84 Å². The van der Waals surface area contributed by atoms with E-state index in [1.165, 1.54) is 6.26 Å². The van der Waals surface area contributed by atoms with Gasteiger partial charge in [0.25, 0.3) is 0 Å². The molecule has 13 heavy (non-hydrogen) atoms. The zero-order chi connectivity index (χ0) is 10.5. The maximum Gasteiger partial charge on any atom is 0.151 e. The number of nitrogens with two attached hydrogens (primary N) is 1. The molecule has 0 spiro atoms. The summed E-state index contributed by atoms with van der Waals surface area (Å²) in [6, 6.07) is -0.201. The number of allylic oxidation sites excluding steroid dienone is 1. The van der Waals surface area contributed by atoms with Crippen molar-refractivity contribution in [3.63, 3.8) is 0 Å². The van der Waals surface area contributed by atoms with Gasteiger partial charge < -0.3 is 0 Å². The molecule has 0 fully saturated rings. The fraction of sp³-hybridized carbons (Fsp3) is 0.750. The summed E-state index contributed by atoms with van der Waals surface area (Å²) in [6.45, 7) is 5.23. The van der Waals surface area contributed by atoms with Crippen molar-refractivity contribution in [2.75, 3.05) is 6.26 Å². The Morgan fingerprint density at radius 2 is 2.15 bits per heavy atom. The lowest BCUT2D eigenvalue weighted by Gasteiger charge is -2.20. The molecule has 0 aliphatic heterocycles. The highest BCUT2D eigenvalue weighted by Gasteiger charge is 2.23. The molecule has 0 heterocycles. The van der Waals surface area contributed by atoms with Gasteiger partial charge >= 0.3 is 0 Å². The molecule has 78 valence electrons. The summed E-state index contributed by atoms with van der Waals surface area (Å²) >= 11 is 0. The number of rotatable bonds is 6. The smallest absolute Gasteiger partial charge is 0.151 e. The summed E-state index contributed by atoms with van der Waals surface area (Å²) in [6.07, 6.45) is 4.41. The summed E-state index contributed by atoms with van der Waals surface area (Å²) < 4.78 is 22.3. The number of hydrogen-bond donors (Lipinski definition) is 2. The average molecular weight is 206 g/mol. The molecule has 0 saturated heterocycles. The minimum absolute atomic E-state index is 0.201. The Balaban J connectivity index is 4.31. The molecular formula is C8H18N2O2S. The van der Waals surface area contributed by atoms with Crippen LogP contribution in [-0.2, 0) is 9.84 Å². The van der Waals surface area contributed by atoms with Crippen LogP contribution in [0, 0.1) is 0 Å². The van der Waals surface area contributed by atoms with Crippen LogP contribution in [0.3, 0.4) is 0 Å². The first-order valence-corrected chi connectivity index (χ1v) is 6.14. The van der Waals surface area contributed by atoms with E-state index in [0.717, 1.165) is 6.42 Å². The molecule has 0 bridgehead atoms. The van der Waals surface area contributed by atoms with Gasteiger partial charge in [-0.3, -0.25) is 11.3 Å². The van der Waals surface area contributed by atoms with Gasteiger partial charge in [-0.25, -0.2) is 8.42 Å². The summed E-state index contributed by atoms with van der Waals surface area (Å²) in [5, 5.41) is -0.461.